The first-order valence-corrected chi connectivity index (χ1v) is 13.3. The summed E-state index contributed by atoms with van der Waals surface area (Å²) < 4.78 is 33.9. The number of carbonyl (C=O) groups excluding carboxylic acids is 1. The second-order valence-electron chi connectivity index (χ2n) is 8.02. The molecule has 0 bridgehead atoms. The van der Waals surface area contributed by atoms with Gasteiger partial charge in [0.15, 0.2) is 26.5 Å². The molecule has 0 aliphatic carbocycles. The van der Waals surface area contributed by atoms with Crippen LogP contribution in [0.15, 0.2) is 47.5 Å². The maximum Gasteiger partial charge on any atom is 0.224 e. The van der Waals surface area contributed by atoms with E-state index in [4.69, 9.17) is 9.47 Å². The number of aliphatic imine (C=N–C) groups is 1. The number of ether oxygens (including phenoxy) is 2. The molecular formula is C23H27N3O5S2. The molecule has 2 N–H and O–H groups in total. The third kappa shape index (κ3) is 6.00. The van der Waals surface area contributed by atoms with E-state index in [-0.39, 0.29) is 28.7 Å². The topological polar surface area (TPSA) is 106 Å². The number of benzene rings is 2. The van der Waals surface area contributed by atoms with Crippen molar-refractivity contribution in [1.29, 1.82) is 0 Å². The van der Waals surface area contributed by atoms with E-state index in [1.807, 2.05) is 42.5 Å². The van der Waals surface area contributed by atoms with Crippen LogP contribution in [0.5, 0.6) is 11.5 Å². The van der Waals surface area contributed by atoms with Crippen LogP contribution >= 0.6 is 11.8 Å². The Bertz CT molecular complexity index is 1150. The summed E-state index contributed by atoms with van der Waals surface area (Å²) in [6.45, 7) is 0.531. The molecule has 0 aromatic heterocycles. The minimum absolute atomic E-state index is 0.0134. The lowest BCUT2D eigenvalue weighted by Gasteiger charge is -2.10. The van der Waals surface area contributed by atoms with Crippen LogP contribution in [0.4, 0.5) is 5.69 Å². The van der Waals surface area contributed by atoms with Gasteiger partial charge in [-0.15, -0.1) is 0 Å². The molecule has 1 amide bonds. The first-order valence-electron chi connectivity index (χ1n) is 10.6. The van der Waals surface area contributed by atoms with Gasteiger partial charge < -0.3 is 20.1 Å². The molecule has 2 aromatic carbocycles. The number of hydrogen-bond acceptors (Lipinski definition) is 8. The summed E-state index contributed by atoms with van der Waals surface area (Å²) in [6.07, 6.45) is 0.988. The number of amides is 1. The smallest absolute Gasteiger partial charge is 0.224 e. The average molecular weight is 490 g/mol. The van der Waals surface area contributed by atoms with Crippen LogP contribution in [0.25, 0.3) is 0 Å². The number of carbonyl (C=O) groups is 1. The van der Waals surface area contributed by atoms with E-state index in [0.29, 0.717) is 30.9 Å². The van der Waals surface area contributed by atoms with Crippen molar-refractivity contribution in [2.24, 2.45) is 4.99 Å². The summed E-state index contributed by atoms with van der Waals surface area (Å²) in [5.41, 5.74) is 2.83. The van der Waals surface area contributed by atoms with Gasteiger partial charge in [-0.3, -0.25) is 9.79 Å². The molecule has 176 valence electrons. The SMILES string of the molecule is COc1ccc(CCNC(=O)Cc2ccc(NC3=N[C@@H]4CS(=O)(=O)C[C@@H]4S3)cc2)cc1OC. The Balaban J connectivity index is 1.23. The summed E-state index contributed by atoms with van der Waals surface area (Å²) in [7, 11) is 0.246. The largest absolute Gasteiger partial charge is 0.493 e. The molecule has 33 heavy (non-hydrogen) atoms. The van der Waals surface area contributed by atoms with Gasteiger partial charge in [-0.1, -0.05) is 30.0 Å². The van der Waals surface area contributed by atoms with Crippen LogP contribution in [-0.4, -0.2) is 63.1 Å². The van der Waals surface area contributed by atoms with Crippen molar-refractivity contribution in [2.75, 3.05) is 37.6 Å². The highest BCUT2D eigenvalue weighted by Gasteiger charge is 2.42. The zero-order chi connectivity index (χ0) is 23.4. The van der Waals surface area contributed by atoms with Crippen LogP contribution in [-0.2, 0) is 27.5 Å². The number of anilines is 1. The molecule has 0 unspecified atom stereocenters. The molecule has 2 aliphatic heterocycles. The van der Waals surface area contributed by atoms with Crippen LogP contribution in [0, 0.1) is 0 Å². The standard InChI is InChI=1S/C23H27N3O5S2/c1-30-19-8-5-16(11-20(19)31-2)9-10-24-22(27)12-15-3-6-17(7-4-15)25-23-26-18-13-33(28,29)14-21(18)32-23/h3-8,11,18,21H,9-10,12-14H2,1-2H3,(H,24,27)(H,25,26)/t18-,21+/m1/s1. The van der Waals surface area contributed by atoms with Crippen molar-refractivity contribution in [3.8, 4) is 11.5 Å². The summed E-state index contributed by atoms with van der Waals surface area (Å²) in [5, 5.41) is 6.96. The van der Waals surface area contributed by atoms with E-state index in [1.165, 1.54) is 11.8 Å². The number of hydrogen-bond donors (Lipinski definition) is 2. The number of nitrogens with zero attached hydrogens (tertiary/aromatic N) is 1. The minimum atomic E-state index is -2.95. The predicted octanol–water partition coefficient (Wildman–Crippen LogP) is 2.29. The molecule has 2 heterocycles. The number of thioether (sulfide) groups is 1. The predicted molar refractivity (Wildman–Crippen MR) is 131 cm³/mol. The molecule has 4 rings (SSSR count). The Hall–Kier alpha value is -2.72. The molecule has 0 saturated carbocycles. The summed E-state index contributed by atoms with van der Waals surface area (Å²) >= 11 is 1.49. The van der Waals surface area contributed by atoms with Crippen molar-refractivity contribution >= 4 is 38.4 Å². The van der Waals surface area contributed by atoms with Crippen molar-refractivity contribution in [3.05, 3.63) is 53.6 Å². The maximum absolute atomic E-state index is 12.3. The summed E-state index contributed by atoms with van der Waals surface area (Å²) in [5.74, 6) is 1.64. The highest BCUT2D eigenvalue weighted by atomic mass is 32.2. The van der Waals surface area contributed by atoms with Gasteiger partial charge in [-0.2, -0.15) is 0 Å². The molecule has 0 spiro atoms. The Labute approximate surface area is 198 Å². The third-order valence-corrected chi connectivity index (χ3v) is 8.71. The van der Waals surface area contributed by atoms with Gasteiger partial charge in [0.25, 0.3) is 0 Å². The van der Waals surface area contributed by atoms with Crippen molar-refractivity contribution in [1.82, 2.24) is 5.32 Å². The minimum Gasteiger partial charge on any atom is -0.493 e. The molecule has 1 saturated heterocycles. The molecule has 2 atom stereocenters. The molecule has 0 radical (unpaired) electrons. The second kappa shape index (κ2) is 10.0. The Morgan fingerprint density at radius 3 is 2.48 bits per heavy atom. The van der Waals surface area contributed by atoms with Gasteiger partial charge >= 0.3 is 0 Å². The molecule has 2 aromatic rings. The monoisotopic (exact) mass is 489 g/mol. The lowest BCUT2D eigenvalue weighted by molar-refractivity contribution is -0.120. The van der Waals surface area contributed by atoms with Crippen LogP contribution < -0.4 is 20.1 Å². The van der Waals surface area contributed by atoms with Gasteiger partial charge in [0.1, 0.15) is 0 Å². The normalized spacial score (nSPS) is 20.6. The van der Waals surface area contributed by atoms with Gasteiger partial charge in [-0.05, 0) is 41.8 Å². The zero-order valence-electron chi connectivity index (χ0n) is 18.5. The third-order valence-electron chi connectivity index (χ3n) is 5.57. The van der Waals surface area contributed by atoms with E-state index >= 15 is 0 Å². The van der Waals surface area contributed by atoms with Crippen molar-refractivity contribution in [2.45, 2.75) is 24.1 Å². The van der Waals surface area contributed by atoms with Gasteiger partial charge in [0.2, 0.25) is 5.91 Å². The Kier molecular flexibility index (Phi) is 7.14. The van der Waals surface area contributed by atoms with E-state index in [2.05, 4.69) is 15.6 Å². The summed E-state index contributed by atoms with van der Waals surface area (Å²) in [6, 6.07) is 13.2. The van der Waals surface area contributed by atoms with Crippen molar-refractivity contribution in [3.63, 3.8) is 0 Å². The van der Waals surface area contributed by atoms with E-state index in [1.54, 1.807) is 14.2 Å². The maximum atomic E-state index is 12.3. The van der Waals surface area contributed by atoms with Crippen molar-refractivity contribution < 1.29 is 22.7 Å². The number of fused-ring (bicyclic) bond motifs is 1. The fourth-order valence-corrected chi connectivity index (χ4v) is 7.55. The Morgan fingerprint density at radius 1 is 1.06 bits per heavy atom. The molecule has 1 fully saturated rings. The highest BCUT2D eigenvalue weighted by molar-refractivity contribution is 8.15. The van der Waals surface area contributed by atoms with Gasteiger partial charge in [-0.25, -0.2) is 8.42 Å². The van der Waals surface area contributed by atoms with Gasteiger partial charge in [0.05, 0.1) is 38.2 Å². The highest BCUT2D eigenvalue weighted by Crippen LogP contribution is 2.34. The Morgan fingerprint density at radius 2 is 1.79 bits per heavy atom. The van der Waals surface area contributed by atoms with Crippen LogP contribution in [0.2, 0.25) is 0 Å². The second-order valence-corrected chi connectivity index (χ2v) is 11.4. The molecule has 10 heteroatoms. The zero-order valence-corrected chi connectivity index (χ0v) is 20.2. The van der Waals surface area contributed by atoms with Crippen LogP contribution in [0.1, 0.15) is 11.1 Å². The number of rotatable bonds is 8. The quantitative estimate of drug-likeness (QED) is 0.586. The lowest BCUT2D eigenvalue weighted by atomic mass is 10.1. The first kappa shape index (κ1) is 23.4. The number of sulfone groups is 1. The fraction of sp³-hybridized carbons (Fsp3) is 0.391. The number of methoxy groups -OCH3 is 2. The number of nitrogens with one attached hydrogen (secondary N) is 2. The lowest BCUT2D eigenvalue weighted by Crippen LogP contribution is -2.27. The van der Waals surface area contributed by atoms with E-state index in [9.17, 15) is 13.2 Å². The first-order chi connectivity index (χ1) is 15.8. The fourth-order valence-electron chi connectivity index (χ4n) is 3.88. The number of amidine groups is 1. The van der Waals surface area contributed by atoms with Crippen LogP contribution in [0.3, 0.4) is 0 Å². The summed E-state index contributed by atoms with van der Waals surface area (Å²) in [4.78, 5) is 16.8. The molecule has 8 nitrogen and oxygen atoms in total. The van der Waals surface area contributed by atoms with E-state index in [0.717, 1.165) is 22.0 Å². The van der Waals surface area contributed by atoms with Gasteiger partial charge in [0, 0.05) is 17.5 Å². The average Bonchev–Trinajstić information content (AvgIpc) is 3.27. The molecule has 2 aliphatic rings. The van der Waals surface area contributed by atoms with E-state index < -0.39 is 9.84 Å². The molecular weight excluding hydrogens is 462 g/mol.